The van der Waals surface area contributed by atoms with Gasteiger partial charge in [0.2, 0.25) is 5.91 Å². The standard InChI is InChI=1S/C16H16N2O4S2/c1-9-3-5-11(6-4-9)7-12-14(20)18(16(23)24-12)8-13(19)17-10(2)15(21)22/h3-7,10H,8H2,1-2H3,(H,17,19)(H,21,22)/p-1/b12-7-/t10-/m0/s1. The number of nitrogens with one attached hydrogen (secondary N) is 1. The van der Waals surface area contributed by atoms with Gasteiger partial charge >= 0.3 is 0 Å². The quantitative estimate of drug-likeness (QED) is 0.604. The molecule has 1 atom stereocenters. The molecular weight excluding hydrogens is 348 g/mol. The third-order valence-electron chi connectivity index (χ3n) is 3.28. The Morgan fingerprint density at radius 2 is 2.00 bits per heavy atom. The van der Waals surface area contributed by atoms with E-state index >= 15 is 0 Å². The van der Waals surface area contributed by atoms with Crippen molar-refractivity contribution in [3.63, 3.8) is 0 Å². The lowest BCUT2D eigenvalue weighted by Gasteiger charge is -2.18. The summed E-state index contributed by atoms with van der Waals surface area (Å²) >= 11 is 6.24. The molecule has 0 aromatic heterocycles. The van der Waals surface area contributed by atoms with E-state index in [4.69, 9.17) is 12.2 Å². The number of hydrogen-bond donors (Lipinski definition) is 1. The number of carbonyl (C=O) groups is 3. The zero-order valence-electron chi connectivity index (χ0n) is 13.1. The maximum atomic E-state index is 12.4. The number of aryl methyl sites for hydroxylation is 1. The van der Waals surface area contributed by atoms with Gasteiger partial charge in [0.15, 0.2) is 0 Å². The van der Waals surface area contributed by atoms with Crippen LogP contribution < -0.4 is 10.4 Å². The van der Waals surface area contributed by atoms with Crippen molar-refractivity contribution < 1.29 is 19.5 Å². The highest BCUT2D eigenvalue weighted by atomic mass is 32.2. The van der Waals surface area contributed by atoms with Gasteiger partial charge in [-0.15, -0.1) is 0 Å². The van der Waals surface area contributed by atoms with Crippen molar-refractivity contribution in [2.45, 2.75) is 19.9 Å². The lowest BCUT2D eigenvalue weighted by molar-refractivity contribution is -0.307. The minimum atomic E-state index is -1.40. The smallest absolute Gasteiger partial charge is 0.266 e. The molecule has 24 heavy (non-hydrogen) atoms. The van der Waals surface area contributed by atoms with Gasteiger partial charge in [-0.2, -0.15) is 0 Å². The van der Waals surface area contributed by atoms with Gasteiger partial charge < -0.3 is 15.2 Å². The second kappa shape index (κ2) is 7.59. The molecule has 6 nitrogen and oxygen atoms in total. The van der Waals surface area contributed by atoms with Gasteiger partial charge in [-0.25, -0.2) is 0 Å². The van der Waals surface area contributed by atoms with Crippen LogP contribution >= 0.6 is 24.0 Å². The number of benzene rings is 1. The molecule has 126 valence electrons. The second-order valence-corrected chi connectivity index (χ2v) is 6.96. The third-order valence-corrected chi connectivity index (χ3v) is 4.66. The summed E-state index contributed by atoms with van der Waals surface area (Å²) in [5.74, 6) is -2.38. The Hall–Kier alpha value is -2.19. The predicted molar refractivity (Wildman–Crippen MR) is 93.7 cm³/mol. The summed E-state index contributed by atoms with van der Waals surface area (Å²) in [5, 5.41) is 12.9. The largest absolute Gasteiger partial charge is 0.548 e. The molecule has 1 aromatic carbocycles. The summed E-state index contributed by atoms with van der Waals surface area (Å²) in [6.07, 6.45) is 1.71. The SMILES string of the molecule is Cc1ccc(/C=C2\SC(=S)N(CC(=O)N[C@@H](C)C(=O)[O-])C2=O)cc1. The van der Waals surface area contributed by atoms with Crippen LogP contribution in [0.2, 0.25) is 0 Å². The van der Waals surface area contributed by atoms with Crippen LogP contribution in [0.25, 0.3) is 6.08 Å². The molecule has 0 saturated carbocycles. The second-order valence-electron chi connectivity index (χ2n) is 5.29. The van der Waals surface area contributed by atoms with E-state index in [0.717, 1.165) is 27.8 Å². The Morgan fingerprint density at radius 1 is 1.38 bits per heavy atom. The molecule has 8 heteroatoms. The summed E-state index contributed by atoms with van der Waals surface area (Å²) in [5.41, 5.74) is 1.97. The summed E-state index contributed by atoms with van der Waals surface area (Å²) in [7, 11) is 0. The molecule has 1 aliphatic heterocycles. The number of amides is 2. The van der Waals surface area contributed by atoms with Crippen LogP contribution in [0.15, 0.2) is 29.2 Å². The molecule has 0 unspecified atom stereocenters. The first-order valence-electron chi connectivity index (χ1n) is 7.10. The minimum Gasteiger partial charge on any atom is -0.548 e. The van der Waals surface area contributed by atoms with Crippen LogP contribution in [0, 0.1) is 6.92 Å². The van der Waals surface area contributed by atoms with Crippen LogP contribution in [0.3, 0.4) is 0 Å². The van der Waals surface area contributed by atoms with Gasteiger partial charge in [-0.05, 0) is 25.5 Å². The van der Waals surface area contributed by atoms with E-state index in [0.29, 0.717) is 4.91 Å². The average Bonchev–Trinajstić information content (AvgIpc) is 2.77. The molecule has 1 heterocycles. The number of carboxylic acid groups (broad SMARTS) is 1. The first kappa shape index (κ1) is 18.2. The molecule has 0 bridgehead atoms. The molecule has 2 rings (SSSR count). The van der Waals surface area contributed by atoms with E-state index in [1.165, 1.54) is 6.92 Å². The third kappa shape index (κ3) is 4.42. The Balaban J connectivity index is 2.07. The number of aliphatic carboxylic acids is 1. The molecule has 1 saturated heterocycles. The zero-order chi connectivity index (χ0) is 17.9. The maximum absolute atomic E-state index is 12.4. The Labute approximate surface area is 148 Å². The van der Waals surface area contributed by atoms with Gasteiger partial charge in [0.05, 0.1) is 16.9 Å². The van der Waals surface area contributed by atoms with Crippen LogP contribution in [0.4, 0.5) is 0 Å². The van der Waals surface area contributed by atoms with Gasteiger partial charge in [-0.3, -0.25) is 14.5 Å². The Kier molecular flexibility index (Phi) is 5.74. The lowest BCUT2D eigenvalue weighted by atomic mass is 10.1. The summed E-state index contributed by atoms with van der Waals surface area (Å²) in [6.45, 7) is 2.93. The highest BCUT2D eigenvalue weighted by Crippen LogP contribution is 2.32. The van der Waals surface area contributed by atoms with Crippen LogP contribution in [0.1, 0.15) is 18.1 Å². The zero-order valence-corrected chi connectivity index (χ0v) is 14.7. The first-order valence-corrected chi connectivity index (χ1v) is 8.32. The highest BCUT2D eigenvalue weighted by molar-refractivity contribution is 8.26. The van der Waals surface area contributed by atoms with E-state index in [2.05, 4.69) is 5.32 Å². The van der Waals surface area contributed by atoms with Crippen molar-refractivity contribution in [2.24, 2.45) is 0 Å². The van der Waals surface area contributed by atoms with Gasteiger partial charge in [0, 0.05) is 0 Å². The summed E-state index contributed by atoms with van der Waals surface area (Å²) in [4.78, 5) is 36.4. The monoisotopic (exact) mass is 363 g/mol. The number of hydrogen-bond acceptors (Lipinski definition) is 6. The fraction of sp³-hybridized carbons (Fsp3) is 0.250. The number of carboxylic acids is 1. The van der Waals surface area contributed by atoms with E-state index in [1.54, 1.807) is 6.08 Å². The molecule has 2 amide bonds. The minimum absolute atomic E-state index is 0.259. The van der Waals surface area contributed by atoms with Crippen molar-refractivity contribution in [2.75, 3.05) is 6.54 Å². The van der Waals surface area contributed by atoms with Gasteiger partial charge in [0.1, 0.15) is 10.9 Å². The number of rotatable bonds is 5. The molecular formula is C16H15N2O4S2-. The van der Waals surface area contributed by atoms with Crippen LogP contribution in [0.5, 0.6) is 0 Å². The van der Waals surface area contributed by atoms with Gasteiger partial charge in [-0.1, -0.05) is 53.8 Å². The van der Waals surface area contributed by atoms with Gasteiger partial charge in [0.25, 0.3) is 5.91 Å². The number of nitrogens with zero attached hydrogens (tertiary/aromatic N) is 1. The Bertz CT molecular complexity index is 728. The summed E-state index contributed by atoms with van der Waals surface area (Å²) < 4.78 is 0.259. The van der Waals surface area contributed by atoms with E-state index in [-0.39, 0.29) is 16.8 Å². The van der Waals surface area contributed by atoms with Crippen LogP contribution in [-0.4, -0.2) is 39.6 Å². The first-order chi connectivity index (χ1) is 11.3. The van der Waals surface area contributed by atoms with E-state index in [1.807, 2.05) is 31.2 Å². The topological polar surface area (TPSA) is 89.5 Å². The lowest BCUT2D eigenvalue weighted by Crippen LogP contribution is -2.49. The Morgan fingerprint density at radius 3 is 2.58 bits per heavy atom. The number of thioether (sulfide) groups is 1. The van der Waals surface area contributed by atoms with Crippen molar-refractivity contribution in [1.82, 2.24) is 10.2 Å². The maximum Gasteiger partial charge on any atom is 0.266 e. The molecule has 0 spiro atoms. The number of thiocarbonyl (C=S) groups is 1. The van der Waals surface area contributed by atoms with Crippen molar-refractivity contribution in [3.05, 3.63) is 40.3 Å². The predicted octanol–water partition coefficient (Wildman–Crippen LogP) is 0.451. The molecule has 1 fully saturated rings. The van der Waals surface area contributed by atoms with Crippen molar-refractivity contribution >= 4 is 52.2 Å². The molecule has 1 aromatic rings. The molecule has 1 N–H and O–H groups in total. The normalized spacial score (nSPS) is 17.2. The molecule has 0 radical (unpaired) electrons. The fourth-order valence-corrected chi connectivity index (χ4v) is 3.20. The fourth-order valence-electron chi connectivity index (χ4n) is 1.94. The van der Waals surface area contributed by atoms with Crippen molar-refractivity contribution in [3.8, 4) is 0 Å². The molecule has 1 aliphatic rings. The summed E-state index contributed by atoms with van der Waals surface area (Å²) in [6, 6.07) is 6.49. The highest BCUT2D eigenvalue weighted by Gasteiger charge is 2.33. The van der Waals surface area contributed by atoms with Crippen LogP contribution in [-0.2, 0) is 14.4 Å². The van der Waals surface area contributed by atoms with E-state index in [9.17, 15) is 19.5 Å². The van der Waals surface area contributed by atoms with E-state index < -0.39 is 17.9 Å². The van der Waals surface area contributed by atoms with Crippen molar-refractivity contribution in [1.29, 1.82) is 0 Å². The average molecular weight is 363 g/mol. The number of carbonyl (C=O) groups excluding carboxylic acids is 3. The molecule has 0 aliphatic carbocycles.